The molecule has 1 heterocycles. The summed E-state index contributed by atoms with van der Waals surface area (Å²) in [5, 5.41) is 3.57. The second-order valence-electron chi connectivity index (χ2n) is 5.68. The average Bonchev–Trinajstić information content (AvgIpc) is 2.93. The van der Waals surface area contributed by atoms with Crippen LogP contribution in [0.15, 0.2) is 24.3 Å². The van der Waals surface area contributed by atoms with Gasteiger partial charge in [0.1, 0.15) is 0 Å². The van der Waals surface area contributed by atoms with Gasteiger partial charge in [-0.3, -0.25) is 0 Å². The van der Waals surface area contributed by atoms with Crippen LogP contribution in [-0.2, 0) is 6.42 Å². The number of hydrogen-bond acceptors (Lipinski definition) is 2. The van der Waals surface area contributed by atoms with E-state index in [9.17, 15) is 0 Å². The molecule has 0 aromatic heterocycles. The Morgan fingerprint density at radius 2 is 1.79 bits per heavy atom. The summed E-state index contributed by atoms with van der Waals surface area (Å²) in [7, 11) is 0. The van der Waals surface area contributed by atoms with Crippen LogP contribution in [0.3, 0.4) is 0 Å². The molecule has 19 heavy (non-hydrogen) atoms. The molecule has 1 saturated heterocycles. The van der Waals surface area contributed by atoms with E-state index in [0.29, 0.717) is 0 Å². The predicted octanol–water partition coefficient (Wildman–Crippen LogP) is 3.00. The maximum atomic E-state index is 3.57. The molecule has 1 aromatic rings. The van der Waals surface area contributed by atoms with Crippen LogP contribution in [0.4, 0.5) is 0 Å². The van der Waals surface area contributed by atoms with E-state index in [4.69, 9.17) is 0 Å². The van der Waals surface area contributed by atoms with Gasteiger partial charge in [0.25, 0.3) is 0 Å². The summed E-state index contributed by atoms with van der Waals surface area (Å²) in [4.78, 5) is 2.59. The molecular formula is C17H28N2. The van der Waals surface area contributed by atoms with Crippen LogP contribution in [0.2, 0.25) is 0 Å². The van der Waals surface area contributed by atoms with Gasteiger partial charge in [-0.1, -0.05) is 24.3 Å². The molecule has 1 aliphatic heterocycles. The lowest BCUT2D eigenvalue weighted by Gasteiger charge is -2.14. The fourth-order valence-corrected chi connectivity index (χ4v) is 2.85. The molecule has 0 saturated carbocycles. The van der Waals surface area contributed by atoms with Gasteiger partial charge in [-0.15, -0.1) is 0 Å². The van der Waals surface area contributed by atoms with Crippen LogP contribution >= 0.6 is 0 Å². The lowest BCUT2D eigenvalue weighted by atomic mass is 10.0. The molecule has 2 heteroatoms. The molecular weight excluding hydrogens is 232 g/mol. The van der Waals surface area contributed by atoms with E-state index in [1.165, 1.54) is 69.4 Å². The third-order valence-electron chi connectivity index (χ3n) is 4.09. The van der Waals surface area contributed by atoms with Crippen LogP contribution < -0.4 is 5.32 Å². The summed E-state index contributed by atoms with van der Waals surface area (Å²) in [6.45, 7) is 8.46. The molecule has 1 N–H and O–H groups in total. The van der Waals surface area contributed by atoms with E-state index >= 15 is 0 Å². The highest BCUT2D eigenvalue weighted by Crippen LogP contribution is 2.09. The zero-order chi connectivity index (χ0) is 13.3. The number of hydrogen-bond donors (Lipinski definition) is 1. The third kappa shape index (κ3) is 5.33. The van der Waals surface area contributed by atoms with Gasteiger partial charge in [0, 0.05) is 0 Å². The average molecular weight is 260 g/mol. The van der Waals surface area contributed by atoms with Crippen LogP contribution in [0.1, 0.15) is 36.8 Å². The Balaban J connectivity index is 1.47. The summed E-state index contributed by atoms with van der Waals surface area (Å²) >= 11 is 0. The number of aryl methyl sites for hydroxylation is 2. The largest absolute Gasteiger partial charge is 0.317 e. The van der Waals surface area contributed by atoms with E-state index < -0.39 is 0 Å². The van der Waals surface area contributed by atoms with Gasteiger partial charge in [-0.2, -0.15) is 0 Å². The number of benzene rings is 1. The first-order valence-electron chi connectivity index (χ1n) is 7.84. The molecule has 0 atom stereocenters. The van der Waals surface area contributed by atoms with E-state index in [2.05, 4.69) is 41.4 Å². The standard InChI is InChI=1S/C17H28N2/c1-16-8-2-3-9-17(16)10-6-11-18-12-7-15-19-13-4-5-14-19/h2-3,8-9,18H,4-7,10-15H2,1H3. The highest BCUT2D eigenvalue weighted by Gasteiger charge is 2.09. The Hall–Kier alpha value is -0.860. The van der Waals surface area contributed by atoms with Crippen molar-refractivity contribution in [3.8, 4) is 0 Å². The second-order valence-corrected chi connectivity index (χ2v) is 5.68. The normalized spacial score (nSPS) is 16.1. The minimum absolute atomic E-state index is 1.15. The lowest BCUT2D eigenvalue weighted by molar-refractivity contribution is 0.331. The number of rotatable bonds is 8. The van der Waals surface area contributed by atoms with Crippen molar-refractivity contribution in [2.45, 2.75) is 39.0 Å². The minimum atomic E-state index is 1.15. The molecule has 0 spiro atoms. The van der Waals surface area contributed by atoms with Crippen LogP contribution in [0.5, 0.6) is 0 Å². The van der Waals surface area contributed by atoms with Gasteiger partial charge in [-0.25, -0.2) is 0 Å². The van der Waals surface area contributed by atoms with Crippen LogP contribution in [0.25, 0.3) is 0 Å². The van der Waals surface area contributed by atoms with Crippen molar-refractivity contribution in [2.24, 2.45) is 0 Å². The van der Waals surface area contributed by atoms with Crippen molar-refractivity contribution >= 4 is 0 Å². The first-order valence-corrected chi connectivity index (χ1v) is 7.84. The predicted molar refractivity (Wildman–Crippen MR) is 82.7 cm³/mol. The van der Waals surface area contributed by atoms with Gasteiger partial charge in [0.2, 0.25) is 0 Å². The van der Waals surface area contributed by atoms with Gasteiger partial charge in [0.15, 0.2) is 0 Å². The Bertz CT molecular complexity index is 356. The molecule has 106 valence electrons. The van der Waals surface area contributed by atoms with E-state index in [0.717, 1.165) is 6.54 Å². The Labute approximate surface area is 118 Å². The van der Waals surface area contributed by atoms with Crippen molar-refractivity contribution in [3.05, 3.63) is 35.4 Å². The van der Waals surface area contributed by atoms with E-state index in [-0.39, 0.29) is 0 Å². The quantitative estimate of drug-likeness (QED) is 0.723. The highest BCUT2D eigenvalue weighted by molar-refractivity contribution is 5.25. The van der Waals surface area contributed by atoms with Crippen molar-refractivity contribution in [1.29, 1.82) is 0 Å². The molecule has 2 rings (SSSR count). The first-order chi connectivity index (χ1) is 9.36. The SMILES string of the molecule is Cc1ccccc1CCCNCCCN1CCCC1. The second kappa shape index (κ2) is 8.34. The van der Waals surface area contributed by atoms with Crippen molar-refractivity contribution in [1.82, 2.24) is 10.2 Å². The molecule has 0 unspecified atom stereocenters. The van der Waals surface area contributed by atoms with Gasteiger partial charge in [0.05, 0.1) is 0 Å². The van der Waals surface area contributed by atoms with Crippen LogP contribution in [0, 0.1) is 6.92 Å². The van der Waals surface area contributed by atoms with Gasteiger partial charge < -0.3 is 10.2 Å². The Morgan fingerprint density at radius 1 is 1.05 bits per heavy atom. The van der Waals surface area contributed by atoms with Crippen molar-refractivity contribution in [3.63, 3.8) is 0 Å². The Kier molecular flexibility index (Phi) is 6.38. The molecule has 0 aliphatic carbocycles. The summed E-state index contributed by atoms with van der Waals surface area (Å²) in [6.07, 6.45) is 6.55. The zero-order valence-electron chi connectivity index (χ0n) is 12.3. The topological polar surface area (TPSA) is 15.3 Å². The Morgan fingerprint density at radius 3 is 2.58 bits per heavy atom. The van der Waals surface area contributed by atoms with Crippen molar-refractivity contribution < 1.29 is 0 Å². The molecule has 0 bridgehead atoms. The van der Waals surface area contributed by atoms with Gasteiger partial charge >= 0.3 is 0 Å². The minimum Gasteiger partial charge on any atom is -0.317 e. The zero-order valence-corrected chi connectivity index (χ0v) is 12.3. The monoisotopic (exact) mass is 260 g/mol. The smallest absolute Gasteiger partial charge is 0.000664 e. The van der Waals surface area contributed by atoms with Crippen molar-refractivity contribution in [2.75, 3.05) is 32.7 Å². The maximum Gasteiger partial charge on any atom is -0.000664 e. The third-order valence-corrected chi connectivity index (χ3v) is 4.09. The lowest BCUT2D eigenvalue weighted by Crippen LogP contribution is -2.25. The number of likely N-dealkylation sites (tertiary alicyclic amines) is 1. The summed E-state index contributed by atoms with van der Waals surface area (Å²) in [5.41, 5.74) is 2.93. The summed E-state index contributed by atoms with van der Waals surface area (Å²) in [6, 6.07) is 8.72. The van der Waals surface area contributed by atoms with Gasteiger partial charge in [-0.05, 0) is 82.9 Å². The molecule has 0 amide bonds. The maximum absolute atomic E-state index is 3.57. The number of nitrogens with one attached hydrogen (secondary N) is 1. The summed E-state index contributed by atoms with van der Waals surface area (Å²) in [5.74, 6) is 0. The molecule has 1 aromatic carbocycles. The molecule has 1 fully saturated rings. The summed E-state index contributed by atoms with van der Waals surface area (Å²) < 4.78 is 0. The fraction of sp³-hybridized carbons (Fsp3) is 0.647. The molecule has 2 nitrogen and oxygen atoms in total. The van der Waals surface area contributed by atoms with E-state index in [1.807, 2.05) is 0 Å². The molecule has 1 aliphatic rings. The first kappa shape index (κ1) is 14.5. The molecule has 0 radical (unpaired) electrons. The van der Waals surface area contributed by atoms with E-state index in [1.54, 1.807) is 0 Å². The fourth-order valence-electron chi connectivity index (χ4n) is 2.85. The highest BCUT2D eigenvalue weighted by atomic mass is 15.1. The number of nitrogens with zero attached hydrogens (tertiary/aromatic N) is 1. The van der Waals surface area contributed by atoms with Crippen LogP contribution in [-0.4, -0.2) is 37.6 Å².